The van der Waals surface area contributed by atoms with Crippen molar-refractivity contribution >= 4 is 37.3 Å². The van der Waals surface area contributed by atoms with Crippen molar-refractivity contribution in [1.29, 1.82) is 0 Å². The average molecular weight is 387 g/mol. The third-order valence-electron chi connectivity index (χ3n) is 3.00. The number of methoxy groups -OCH3 is 1. The molecule has 0 bridgehead atoms. The SMILES string of the molecule is COc1cc(N)c(S(=O)(=O)O)cc1/N=N/c1ccc(S(=O)(=O)O)cc1. The van der Waals surface area contributed by atoms with E-state index in [1.807, 2.05) is 0 Å². The lowest BCUT2D eigenvalue weighted by atomic mass is 10.2. The third-order valence-corrected chi connectivity index (χ3v) is 4.77. The molecule has 4 N–H and O–H groups in total. The molecule has 0 aliphatic carbocycles. The topological polar surface area (TPSA) is 169 Å². The number of benzene rings is 2. The van der Waals surface area contributed by atoms with Crippen LogP contribution in [0, 0.1) is 0 Å². The molecule has 0 unspecified atom stereocenters. The van der Waals surface area contributed by atoms with Gasteiger partial charge in [-0.3, -0.25) is 9.11 Å². The smallest absolute Gasteiger partial charge is 0.296 e. The van der Waals surface area contributed by atoms with Gasteiger partial charge in [-0.1, -0.05) is 0 Å². The lowest BCUT2D eigenvalue weighted by Crippen LogP contribution is -2.03. The van der Waals surface area contributed by atoms with Crippen LogP contribution in [0.5, 0.6) is 5.75 Å². The molecule has 0 aromatic heterocycles. The predicted octanol–water partition coefficient (Wildman–Crippen LogP) is 2.19. The fraction of sp³-hybridized carbons (Fsp3) is 0.0769. The molecule has 0 amide bonds. The van der Waals surface area contributed by atoms with E-state index < -0.39 is 25.1 Å². The van der Waals surface area contributed by atoms with Crippen LogP contribution in [0.1, 0.15) is 0 Å². The zero-order chi connectivity index (χ0) is 18.8. The Balaban J connectivity index is 2.43. The van der Waals surface area contributed by atoms with Crippen LogP contribution in [-0.4, -0.2) is 33.1 Å². The highest BCUT2D eigenvalue weighted by Gasteiger charge is 2.18. The van der Waals surface area contributed by atoms with Crippen LogP contribution in [0.2, 0.25) is 0 Å². The van der Waals surface area contributed by atoms with Crippen LogP contribution in [0.25, 0.3) is 0 Å². The highest BCUT2D eigenvalue weighted by atomic mass is 32.2. The normalized spacial score (nSPS) is 12.4. The summed E-state index contributed by atoms with van der Waals surface area (Å²) in [7, 11) is -7.58. The molecule has 0 saturated carbocycles. The van der Waals surface area contributed by atoms with E-state index in [4.69, 9.17) is 19.6 Å². The second-order valence-electron chi connectivity index (χ2n) is 4.71. The predicted molar refractivity (Wildman–Crippen MR) is 87.7 cm³/mol. The Labute approximate surface area is 143 Å². The second-order valence-corrected chi connectivity index (χ2v) is 7.52. The van der Waals surface area contributed by atoms with Crippen molar-refractivity contribution in [2.75, 3.05) is 12.8 Å². The van der Waals surface area contributed by atoms with Gasteiger partial charge in [0, 0.05) is 6.07 Å². The molecule has 2 aromatic rings. The Morgan fingerprint density at radius 2 is 1.56 bits per heavy atom. The van der Waals surface area contributed by atoms with Crippen molar-refractivity contribution < 1.29 is 30.7 Å². The van der Waals surface area contributed by atoms with Crippen molar-refractivity contribution in [1.82, 2.24) is 0 Å². The molecule has 2 rings (SSSR count). The van der Waals surface area contributed by atoms with E-state index >= 15 is 0 Å². The van der Waals surface area contributed by atoms with Gasteiger partial charge in [-0.05, 0) is 30.3 Å². The molecule has 0 saturated heterocycles. The lowest BCUT2D eigenvalue weighted by molar-refractivity contribution is 0.415. The summed E-state index contributed by atoms with van der Waals surface area (Å²) in [5, 5.41) is 7.62. The molecule has 12 heteroatoms. The fourth-order valence-corrected chi connectivity index (χ4v) is 2.92. The first-order chi connectivity index (χ1) is 11.5. The number of anilines is 1. The van der Waals surface area contributed by atoms with Gasteiger partial charge in [0.25, 0.3) is 20.2 Å². The molecule has 25 heavy (non-hydrogen) atoms. The largest absolute Gasteiger partial charge is 0.494 e. The lowest BCUT2D eigenvalue weighted by Gasteiger charge is -2.08. The maximum Gasteiger partial charge on any atom is 0.296 e. The summed E-state index contributed by atoms with van der Waals surface area (Å²) in [6.45, 7) is 0. The fourth-order valence-electron chi connectivity index (χ4n) is 1.83. The van der Waals surface area contributed by atoms with E-state index in [-0.39, 0.29) is 27.7 Å². The van der Waals surface area contributed by atoms with Crippen molar-refractivity contribution in [3.63, 3.8) is 0 Å². The summed E-state index contributed by atoms with van der Waals surface area (Å²) < 4.78 is 67.6. The van der Waals surface area contributed by atoms with Crippen LogP contribution in [0.3, 0.4) is 0 Å². The number of nitrogens with two attached hydrogens (primary N) is 1. The average Bonchev–Trinajstić information content (AvgIpc) is 2.51. The molecule has 0 radical (unpaired) electrons. The molecule has 2 aromatic carbocycles. The molecule has 0 heterocycles. The molecular weight excluding hydrogens is 374 g/mol. The van der Waals surface area contributed by atoms with Gasteiger partial charge < -0.3 is 10.5 Å². The second kappa shape index (κ2) is 6.76. The Morgan fingerprint density at radius 3 is 2.04 bits per heavy atom. The van der Waals surface area contributed by atoms with E-state index in [0.29, 0.717) is 0 Å². The monoisotopic (exact) mass is 387 g/mol. The number of azo groups is 1. The minimum absolute atomic E-state index is 0.0248. The summed E-state index contributed by atoms with van der Waals surface area (Å²) in [6, 6.07) is 6.94. The van der Waals surface area contributed by atoms with Gasteiger partial charge >= 0.3 is 0 Å². The Bertz CT molecular complexity index is 1030. The third kappa shape index (κ3) is 4.51. The number of nitrogens with zero attached hydrogens (tertiary/aromatic N) is 2. The highest BCUT2D eigenvalue weighted by Crippen LogP contribution is 2.35. The highest BCUT2D eigenvalue weighted by molar-refractivity contribution is 7.86. The minimum atomic E-state index is -4.56. The first-order valence-corrected chi connectivity index (χ1v) is 9.34. The molecule has 0 atom stereocenters. The van der Waals surface area contributed by atoms with Gasteiger partial charge in [0.1, 0.15) is 16.3 Å². The van der Waals surface area contributed by atoms with Crippen molar-refractivity contribution in [3.8, 4) is 5.75 Å². The van der Waals surface area contributed by atoms with Crippen molar-refractivity contribution in [2.45, 2.75) is 9.79 Å². The van der Waals surface area contributed by atoms with Crippen LogP contribution < -0.4 is 10.5 Å². The summed E-state index contributed by atoms with van der Waals surface area (Å²) in [4.78, 5) is -0.867. The summed E-state index contributed by atoms with van der Waals surface area (Å²) in [5.74, 6) is 0.114. The van der Waals surface area contributed by atoms with Crippen LogP contribution in [0.15, 0.2) is 56.4 Å². The van der Waals surface area contributed by atoms with Crippen LogP contribution in [0.4, 0.5) is 17.1 Å². The van der Waals surface area contributed by atoms with E-state index in [2.05, 4.69) is 10.2 Å². The van der Waals surface area contributed by atoms with Gasteiger partial charge in [-0.15, -0.1) is 5.11 Å². The molecule has 0 spiro atoms. The van der Waals surface area contributed by atoms with E-state index in [9.17, 15) is 16.8 Å². The first-order valence-electron chi connectivity index (χ1n) is 6.46. The zero-order valence-corrected chi connectivity index (χ0v) is 14.3. The molecule has 134 valence electrons. The summed E-state index contributed by atoms with van der Waals surface area (Å²) in [6.07, 6.45) is 0. The summed E-state index contributed by atoms with van der Waals surface area (Å²) >= 11 is 0. The molecule has 0 aliphatic heterocycles. The zero-order valence-electron chi connectivity index (χ0n) is 12.7. The van der Waals surface area contributed by atoms with Gasteiger partial charge in [-0.2, -0.15) is 21.9 Å². The quantitative estimate of drug-likeness (QED) is 0.398. The van der Waals surface area contributed by atoms with E-state index in [0.717, 1.165) is 18.2 Å². The summed E-state index contributed by atoms with van der Waals surface area (Å²) in [5.41, 5.74) is 5.52. The molecule has 0 aliphatic rings. The number of nitrogen functional groups attached to an aromatic ring is 1. The maximum atomic E-state index is 11.3. The van der Waals surface area contributed by atoms with Gasteiger partial charge in [-0.25, -0.2) is 0 Å². The molecule has 10 nitrogen and oxygen atoms in total. The number of rotatable bonds is 5. The minimum Gasteiger partial charge on any atom is -0.494 e. The number of hydrogen-bond donors (Lipinski definition) is 3. The van der Waals surface area contributed by atoms with Crippen LogP contribution in [-0.2, 0) is 20.2 Å². The standard InChI is InChI=1S/C13H13N3O7S2/c1-23-12-6-10(14)13(25(20,21)22)7-11(12)16-15-8-2-4-9(5-3-8)24(17,18)19/h2-7H,14H2,1H3,(H,17,18,19)(H,20,21,22)/b16-15+. The first kappa shape index (κ1) is 18.8. The van der Waals surface area contributed by atoms with Crippen molar-refractivity contribution in [3.05, 3.63) is 36.4 Å². The van der Waals surface area contributed by atoms with Crippen molar-refractivity contribution in [2.24, 2.45) is 10.2 Å². The van der Waals surface area contributed by atoms with Gasteiger partial charge in [0.15, 0.2) is 0 Å². The number of hydrogen-bond acceptors (Lipinski definition) is 8. The molecule has 0 fully saturated rings. The van der Waals surface area contributed by atoms with Crippen LogP contribution >= 0.6 is 0 Å². The van der Waals surface area contributed by atoms with E-state index in [1.165, 1.54) is 25.3 Å². The number of ether oxygens (including phenoxy) is 1. The van der Waals surface area contributed by atoms with Gasteiger partial charge in [0.05, 0.1) is 23.4 Å². The Morgan fingerprint density at radius 1 is 0.960 bits per heavy atom. The molecular formula is C13H13N3O7S2. The van der Waals surface area contributed by atoms with Gasteiger partial charge in [0.2, 0.25) is 0 Å². The Kier molecular flexibility index (Phi) is 5.08. The Hall–Kier alpha value is -2.54. The van der Waals surface area contributed by atoms with E-state index in [1.54, 1.807) is 0 Å². The maximum absolute atomic E-state index is 11.3.